The summed E-state index contributed by atoms with van der Waals surface area (Å²) in [4.78, 5) is 12.4. The number of benzene rings is 1. The zero-order valence-electron chi connectivity index (χ0n) is 13.0. The van der Waals surface area contributed by atoms with Crippen LogP contribution in [0.1, 0.15) is 55.8 Å². The number of amides is 1. The lowest BCUT2D eigenvalue weighted by Crippen LogP contribution is -2.38. The Kier molecular flexibility index (Phi) is 5.48. The van der Waals surface area contributed by atoms with E-state index in [1.54, 1.807) is 25.3 Å². The molecule has 1 aromatic rings. The molecule has 1 aromatic carbocycles. The van der Waals surface area contributed by atoms with E-state index in [1.807, 2.05) is 0 Å². The number of carbonyl (C=O) groups is 1. The van der Waals surface area contributed by atoms with Crippen LogP contribution >= 0.6 is 0 Å². The van der Waals surface area contributed by atoms with Gasteiger partial charge in [0.05, 0.1) is 12.7 Å². The highest BCUT2D eigenvalue weighted by Crippen LogP contribution is 2.26. The fraction of sp³-hybridized carbons (Fsp3) is 0.588. The summed E-state index contributed by atoms with van der Waals surface area (Å²) in [5.74, 6) is 1.16. The minimum absolute atomic E-state index is 0.0908. The van der Waals surface area contributed by atoms with Crippen LogP contribution in [0.4, 0.5) is 5.69 Å². The molecule has 1 amide bonds. The van der Waals surface area contributed by atoms with Crippen LogP contribution in [0.15, 0.2) is 18.2 Å². The summed E-state index contributed by atoms with van der Waals surface area (Å²) >= 11 is 0. The number of anilines is 1. The lowest BCUT2D eigenvalue weighted by atomic mass is 9.93. The van der Waals surface area contributed by atoms with E-state index in [4.69, 9.17) is 10.5 Å². The molecule has 4 heteroatoms. The van der Waals surface area contributed by atoms with Crippen molar-refractivity contribution >= 4 is 11.6 Å². The number of methoxy groups -OCH3 is 1. The van der Waals surface area contributed by atoms with Crippen LogP contribution in [0.3, 0.4) is 0 Å². The van der Waals surface area contributed by atoms with Crippen LogP contribution in [0.2, 0.25) is 0 Å². The first-order valence-electron chi connectivity index (χ1n) is 7.86. The molecule has 0 unspecified atom stereocenters. The van der Waals surface area contributed by atoms with Crippen LogP contribution in [-0.4, -0.2) is 19.1 Å². The van der Waals surface area contributed by atoms with Crippen molar-refractivity contribution in [2.45, 2.75) is 51.5 Å². The van der Waals surface area contributed by atoms with Crippen LogP contribution in [0.25, 0.3) is 0 Å². The Labute approximate surface area is 127 Å². The van der Waals surface area contributed by atoms with Gasteiger partial charge in [-0.15, -0.1) is 0 Å². The molecule has 0 bridgehead atoms. The van der Waals surface area contributed by atoms with Crippen molar-refractivity contribution in [2.75, 3.05) is 12.8 Å². The number of rotatable bonds is 4. The maximum Gasteiger partial charge on any atom is 0.253 e. The summed E-state index contributed by atoms with van der Waals surface area (Å²) in [5.41, 5.74) is 6.92. The quantitative estimate of drug-likeness (QED) is 0.660. The maximum absolute atomic E-state index is 12.4. The fourth-order valence-electron chi connectivity index (χ4n) is 3.09. The predicted octanol–water partition coefficient (Wildman–Crippen LogP) is 3.37. The number of nitrogens with two attached hydrogens (primary N) is 1. The normalized spacial score (nSPS) is 17.8. The van der Waals surface area contributed by atoms with E-state index in [9.17, 15) is 4.79 Å². The molecule has 1 fully saturated rings. The molecule has 0 heterocycles. The third kappa shape index (κ3) is 4.13. The Balaban J connectivity index is 1.99. The Hall–Kier alpha value is -1.71. The number of nitrogens with one attached hydrogen (secondary N) is 1. The summed E-state index contributed by atoms with van der Waals surface area (Å²) < 4.78 is 5.11. The van der Waals surface area contributed by atoms with Gasteiger partial charge in [-0.1, -0.05) is 25.7 Å². The SMILES string of the molecule is COc1ccc(C(=O)N[C@@H](C)C2CCCCCC2)c(N)c1. The Morgan fingerprint density at radius 3 is 2.52 bits per heavy atom. The molecular weight excluding hydrogens is 264 g/mol. The average Bonchev–Trinajstić information content (AvgIpc) is 2.75. The Morgan fingerprint density at radius 1 is 1.29 bits per heavy atom. The molecule has 116 valence electrons. The van der Waals surface area contributed by atoms with Crippen LogP contribution < -0.4 is 15.8 Å². The zero-order valence-corrected chi connectivity index (χ0v) is 13.0. The fourth-order valence-corrected chi connectivity index (χ4v) is 3.09. The van der Waals surface area contributed by atoms with Crippen molar-refractivity contribution in [2.24, 2.45) is 5.92 Å². The summed E-state index contributed by atoms with van der Waals surface area (Å²) in [6.07, 6.45) is 7.61. The van der Waals surface area contributed by atoms with Crippen molar-refractivity contribution in [3.63, 3.8) is 0 Å². The molecular formula is C17H26N2O2. The van der Waals surface area contributed by atoms with Gasteiger partial charge in [0.15, 0.2) is 0 Å². The second kappa shape index (κ2) is 7.34. The third-order valence-electron chi connectivity index (χ3n) is 4.47. The molecule has 1 aliphatic carbocycles. The highest BCUT2D eigenvalue weighted by atomic mass is 16.5. The van der Waals surface area contributed by atoms with Crippen molar-refractivity contribution in [1.29, 1.82) is 0 Å². The van der Waals surface area contributed by atoms with Gasteiger partial charge in [-0.3, -0.25) is 4.79 Å². The molecule has 3 N–H and O–H groups in total. The van der Waals surface area contributed by atoms with Gasteiger partial charge in [0.25, 0.3) is 5.91 Å². The summed E-state index contributed by atoms with van der Waals surface area (Å²) in [7, 11) is 1.59. The number of carbonyl (C=O) groups excluding carboxylic acids is 1. The molecule has 0 radical (unpaired) electrons. The third-order valence-corrected chi connectivity index (χ3v) is 4.47. The van der Waals surface area contributed by atoms with E-state index in [-0.39, 0.29) is 11.9 Å². The largest absolute Gasteiger partial charge is 0.497 e. The van der Waals surface area contributed by atoms with E-state index in [0.717, 1.165) is 0 Å². The lowest BCUT2D eigenvalue weighted by molar-refractivity contribution is 0.0925. The number of nitrogen functional groups attached to an aromatic ring is 1. The summed E-state index contributed by atoms with van der Waals surface area (Å²) in [6.45, 7) is 2.10. The smallest absolute Gasteiger partial charge is 0.253 e. The second-order valence-corrected chi connectivity index (χ2v) is 5.97. The van der Waals surface area contributed by atoms with Crippen LogP contribution in [-0.2, 0) is 0 Å². The van der Waals surface area contributed by atoms with Gasteiger partial charge in [0.1, 0.15) is 5.75 Å². The molecule has 0 saturated heterocycles. The average molecular weight is 290 g/mol. The van der Waals surface area contributed by atoms with Gasteiger partial charge in [-0.05, 0) is 37.8 Å². The van der Waals surface area contributed by atoms with Gasteiger partial charge in [-0.25, -0.2) is 0 Å². The zero-order chi connectivity index (χ0) is 15.2. The topological polar surface area (TPSA) is 64.3 Å². The van der Waals surface area contributed by atoms with Gasteiger partial charge < -0.3 is 15.8 Å². The van der Waals surface area contributed by atoms with Crippen molar-refractivity contribution in [3.8, 4) is 5.75 Å². The minimum Gasteiger partial charge on any atom is -0.497 e. The van der Waals surface area contributed by atoms with E-state index in [0.29, 0.717) is 22.9 Å². The predicted molar refractivity (Wildman–Crippen MR) is 85.5 cm³/mol. The number of hydrogen-bond acceptors (Lipinski definition) is 3. The van der Waals surface area contributed by atoms with Crippen molar-refractivity contribution < 1.29 is 9.53 Å². The molecule has 0 spiro atoms. The highest BCUT2D eigenvalue weighted by molar-refractivity contribution is 5.99. The monoisotopic (exact) mass is 290 g/mol. The van der Waals surface area contributed by atoms with E-state index < -0.39 is 0 Å². The molecule has 0 aromatic heterocycles. The second-order valence-electron chi connectivity index (χ2n) is 5.97. The van der Waals surface area contributed by atoms with E-state index in [1.165, 1.54) is 38.5 Å². The van der Waals surface area contributed by atoms with E-state index >= 15 is 0 Å². The number of hydrogen-bond donors (Lipinski definition) is 2. The van der Waals surface area contributed by atoms with Gasteiger partial charge in [-0.2, -0.15) is 0 Å². The van der Waals surface area contributed by atoms with E-state index in [2.05, 4.69) is 12.2 Å². The maximum atomic E-state index is 12.4. The molecule has 1 atom stereocenters. The number of ether oxygens (including phenoxy) is 1. The molecule has 1 saturated carbocycles. The standard InChI is InChI=1S/C17H26N2O2/c1-12(13-7-5-3-4-6-8-13)19-17(20)15-10-9-14(21-2)11-16(15)18/h9-13H,3-8,18H2,1-2H3,(H,19,20)/t12-/m0/s1. The van der Waals surface area contributed by atoms with Crippen LogP contribution in [0.5, 0.6) is 5.75 Å². The Bertz CT molecular complexity index is 480. The molecule has 2 rings (SSSR count). The van der Waals surface area contributed by atoms with Crippen LogP contribution in [0, 0.1) is 5.92 Å². The first-order valence-corrected chi connectivity index (χ1v) is 7.86. The summed E-state index contributed by atoms with van der Waals surface area (Å²) in [6, 6.07) is 5.37. The van der Waals surface area contributed by atoms with Gasteiger partial charge in [0, 0.05) is 17.8 Å². The summed E-state index contributed by atoms with van der Waals surface area (Å²) in [5, 5.41) is 3.11. The first-order chi connectivity index (χ1) is 10.1. The highest BCUT2D eigenvalue weighted by Gasteiger charge is 2.21. The molecule has 21 heavy (non-hydrogen) atoms. The first kappa shape index (κ1) is 15.7. The van der Waals surface area contributed by atoms with Gasteiger partial charge in [0.2, 0.25) is 0 Å². The minimum atomic E-state index is -0.0908. The molecule has 4 nitrogen and oxygen atoms in total. The molecule has 1 aliphatic rings. The van der Waals surface area contributed by atoms with Crippen molar-refractivity contribution in [3.05, 3.63) is 23.8 Å². The lowest BCUT2D eigenvalue weighted by Gasteiger charge is -2.24. The molecule has 0 aliphatic heterocycles. The van der Waals surface area contributed by atoms with Crippen molar-refractivity contribution in [1.82, 2.24) is 5.32 Å². The van der Waals surface area contributed by atoms with Gasteiger partial charge >= 0.3 is 0 Å². The Morgan fingerprint density at radius 2 is 1.95 bits per heavy atom.